The first-order valence-corrected chi connectivity index (χ1v) is 12.2. The van der Waals surface area contributed by atoms with Gasteiger partial charge in [-0.25, -0.2) is 12.8 Å². The summed E-state index contributed by atoms with van der Waals surface area (Å²) in [7, 11) is -3.92. The number of nitrogen functional groups attached to an aromatic ring is 1. The largest absolute Gasteiger partial charge is 0.506 e. The highest BCUT2D eigenvalue weighted by molar-refractivity contribution is 7.94. The van der Waals surface area contributed by atoms with Crippen LogP contribution in [0.1, 0.15) is 16.0 Å². The number of hydrogen-bond donors (Lipinski definition) is 3. The fourth-order valence-corrected chi connectivity index (χ4v) is 6.23. The molecule has 1 aliphatic heterocycles. The number of rotatable bonds is 3. The quantitative estimate of drug-likeness (QED) is 0.379. The van der Waals surface area contributed by atoms with Crippen molar-refractivity contribution in [3.63, 3.8) is 0 Å². The van der Waals surface area contributed by atoms with Gasteiger partial charge in [-0.2, -0.15) is 0 Å². The maximum absolute atomic E-state index is 13.6. The molecule has 0 fully saturated rings. The van der Waals surface area contributed by atoms with Crippen molar-refractivity contribution in [2.45, 2.75) is 18.4 Å². The molecule has 0 aliphatic carbocycles. The number of hydrogen-bond acceptors (Lipinski definition) is 7. The highest BCUT2D eigenvalue weighted by Gasteiger charge is 2.29. The van der Waals surface area contributed by atoms with Crippen LogP contribution in [0.25, 0.3) is 15.9 Å². The molecule has 33 heavy (non-hydrogen) atoms. The smallest absolute Gasteiger partial charge is 0.265 e. The van der Waals surface area contributed by atoms with Crippen molar-refractivity contribution < 1.29 is 17.9 Å². The lowest BCUT2D eigenvalue weighted by Gasteiger charge is -2.21. The predicted molar refractivity (Wildman–Crippen MR) is 128 cm³/mol. The number of sulfone groups is 1. The van der Waals surface area contributed by atoms with E-state index in [-0.39, 0.29) is 39.8 Å². The average molecular weight is 484 g/mol. The molecule has 4 N–H and O–H groups in total. The molecule has 0 unspecified atom stereocenters. The number of nitrogens with zero attached hydrogens (tertiary/aromatic N) is 1. The minimum absolute atomic E-state index is 0.00941. The minimum Gasteiger partial charge on any atom is -0.506 e. The number of thiophene rings is 1. The van der Waals surface area contributed by atoms with E-state index in [1.54, 1.807) is 24.3 Å². The van der Waals surface area contributed by atoms with Crippen LogP contribution in [0.5, 0.6) is 5.75 Å². The number of aromatic hydroxyl groups is 1. The fourth-order valence-electron chi connectivity index (χ4n) is 3.89. The van der Waals surface area contributed by atoms with Gasteiger partial charge in [0.15, 0.2) is 0 Å². The molecule has 0 radical (unpaired) electrons. The van der Waals surface area contributed by atoms with Crippen LogP contribution < -0.4 is 16.6 Å². The normalized spacial score (nSPS) is 14.5. The molecule has 1 aliphatic rings. The van der Waals surface area contributed by atoms with Gasteiger partial charge in [-0.05, 0) is 48.9 Å². The fraction of sp³-hybridized carbons (Fsp3) is 0.0870. The molecule has 4 aromatic rings. The Hall–Kier alpha value is -3.63. The number of nitrogens with two attached hydrogens (primary N) is 1. The van der Waals surface area contributed by atoms with Crippen LogP contribution in [0.4, 0.5) is 15.8 Å². The van der Waals surface area contributed by atoms with E-state index in [4.69, 9.17) is 5.73 Å². The second kappa shape index (κ2) is 7.46. The monoisotopic (exact) mass is 483 g/mol. The lowest BCUT2D eigenvalue weighted by Crippen LogP contribution is -2.26. The summed E-state index contributed by atoms with van der Waals surface area (Å²) in [6, 6.07) is 11.9. The molecule has 5 rings (SSSR count). The van der Waals surface area contributed by atoms with Crippen molar-refractivity contribution in [2.75, 3.05) is 11.1 Å². The Morgan fingerprint density at radius 2 is 1.88 bits per heavy atom. The van der Waals surface area contributed by atoms with Gasteiger partial charge in [0, 0.05) is 10.6 Å². The van der Waals surface area contributed by atoms with Crippen LogP contribution in [-0.2, 0) is 16.4 Å². The van der Waals surface area contributed by atoms with Gasteiger partial charge in [0.1, 0.15) is 22.0 Å². The molecule has 7 nitrogen and oxygen atoms in total. The van der Waals surface area contributed by atoms with Crippen LogP contribution in [0.3, 0.4) is 0 Å². The molecule has 2 aromatic heterocycles. The molecule has 2 aromatic carbocycles. The number of aromatic nitrogens is 1. The van der Waals surface area contributed by atoms with Crippen molar-refractivity contribution in [3.8, 4) is 5.75 Å². The van der Waals surface area contributed by atoms with E-state index in [1.165, 1.54) is 40.2 Å². The summed E-state index contributed by atoms with van der Waals surface area (Å²) < 4.78 is 40.6. The number of fused-ring (bicyclic) bond motifs is 2. The SMILES string of the molecule is Cc1cc2c(O)c(C3=CS(=O)(=O)c4cc(N)ccc4N3)c(=O)n(Cc3ccc(F)cc3)c2s1. The Balaban J connectivity index is 1.74. The summed E-state index contributed by atoms with van der Waals surface area (Å²) in [6.45, 7) is 1.97. The molecule has 10 heteroatoms. The van der Waals surface area contributed by atoms with E-state index in [0.29, 0.717) is 15.8 Å². The zero-order valence-electron chi connectivity index (χ0n) is 17.3. The third-order valence-electron chi connectivity index (χ3n) is 5.41. The summed E-state index contributed by atoms with van der Waals surface area (Å²) in [5, 5.41) is 15.3. The molecule has 0 saturated carbocycles. The third-order valence-corrected chi connectivity index (χ3v) is 7.98. The van der Waals surface area contributed by atoms with Gasteiger partial charge in [0.05, 0.1) is 33.6 Å². The highest BCUT2D eigenvalue weighted by Crippen LogP contribution is 2.39. The number of aryl methyl sites for hydroxylation is 1. The number of nitrogens with one attached hydrogen (secondary N) is 1. The summed E-state index contributed by atoms with van der Waals surface area (Å²) >= 11 is 1.33. The van der Waals surface area contributed by atoms with E-state index in [1.807, 2.05) is 6.92 Å². The highest BCUT2D eigenvalue weighted by atomic mass is 32.2. The zero-order valence-corrected chi connectivity index (χ0v) is 18.9. The first-order chi connectivity index (χ1) is 15.6. The molecule has 0 bridgehead atoms. The van der Waals surface area contributed by atoms with Gasteiger partial charge in [-0.3, -0.25) is 9.36 Å². The van der Waals surface area contributed by atoms with Crippen molar-refractivity contribution in [1.29, 1.82) is 0 Å². The Kier molecular flexibility index (Phi) is 4.80. The Labute approximate surface area is 192 Å². The number of pyridine rings is 1. The van der Waals surface area contributed by atoms with Crippen LogP contribution in [0, 0.1) is 12.7 Å². The molecule has 0 amide bonds. The second-order valence-corrected chi connectivity index (χ2v) is 10.8. The van der Waals surface area contributed by atoms with Crippen molar-refractivity contribution in [2.24, 2.45) is 0 Å². The Morgan fingerprint density at radius 3 is 2.61 bits per heavy atom. The molecule has 168 valence electrons. The van der Waals surface area contributed by atoms with E-state index in [9.17, 15) is 22.7 Å². The van der Waals surface area contributed by atoms with E-state index in [2.05, 4.69) is 5.32 Å². The molecule has 0 spiro atoms. The molecular formula is C23H18FN3O4S2. The van der Waals surface area contributed by atoms with Gasteiger partial charge >= 0.3 is 0 Å². The Bertz CT molecular complexity index is 1640. The summed E-state index contributed by atoms with van der Waals surface area (Å²) in [4.78, 5) is 15.0. The van der Waals surface area contributed by atoms with Gasteiger partial charge in [0.2, 0.25) is 9.84 Å². The topological polar surface area (TPSA) is 114 Å². The average Bonchev–Trinajstić information content (AvgIpc) is 3.15. The molecule has 0 atom stereocenters. The Morgan fingerprint density at radius 1 is 1.15 bits per heavy atom. The summed E-state index contributed by atoms with van der Waals surface area (Å²) in [5.41, 5.74) is 6.20. The van der Waals surface area contributed by atoms with Crippen LogP contribution in [0.2, 0.25) is 0 Å². The molecule has 0 saturated heterocycles. The second-order valence-electron chi connectivity index (χ2n) is 7.77. The number of anilines is 2. The zero-order chi connectivity index (χ0) is 23.5. The van der Waals surface area contributed by atoms with Crippen molar-refractivity contribution in [1.82, 2.24) is 4.57 Å². The minimum atomic E-state index is -3.92. The first-order valence-electron chi connectivity index (χ1n) is 9.88. The maximum Gasteiger partial charge on any atom is 0.265 e. The van der Waals surface area contributed by atoms with Crippen molar-refractivity contribution >= 4 is 48.5 Å². The lowest BCUT2D eigenvalue weighted by molar-refractivity contribution is 0.477. The lowest BCUT2D eigenvalue weighted by atomic mass is 10.1. The van der Waals surface area contributed by atoms with E-state index in [0.717, 1.165) is 10.3 Å². The van der Waals surface area contributed by atoms with Crippen LogP contribution in [0.15, 0.2) is 63.6 Å². The van der Waals surface area contributed by atoms with Gasteiger partial charge in [-0.1, -0.05) is 12.1 Å². The van der Waals surface area contributed by atoms with Gasteiger partial charge < -0.3 is 16.2 Å². The van der Waals surface area contributed by atoms with Gasteiger partial charge in [-0.15, -0.1) is 11.3 Å². The van der Waals surface area contributed by atoms with Gasteiger partial charge in [0.25, 0.3) is 5.56 Å². The number of halogens is 1. The van der Waals surface area contributed by atoms with E-state index < -0.39 is 21.2 Å². The summed E-state index contributed by atoms with van der Waals surface area (Å²) in [5.74, 6) is -0.696. The summed E-state index contributed by atoms with van der Waals surface area (Å²) in [6.07, 6.45) is 0. The third kappa shape index (κ3) is 3.57. The number of benzene rings is 2. The first kappa shape index (κ1) is 21.2. The molecule has 3 heterocycles. The van der Waals surface area contributed by atoms with Crippen molar-refractivity contribution in [3.05, 3.63) is 86.1 Å². The predicted octanol–water partition coefficient (Wildman–Crippen LogP) is 4.04. The van der Waals surface area contributed by atoms with Crippen LogP contribution >= 0.6 is 11.3 Å². The maximum atomic E-state index is 13.6. The molecular weight excluding hydrogens is 465 g/mol. The van der Waals surface area contributed by atoms with Crippen LogP contribution in [-0.4, -0.2) is 18.1 Å². The standard InChI is InChI=1S/C23H18FN3O4S2/c1-12-8-16-21(28)20(18-11-33(30,31)19-9-15(25)6-7-17(19)26-18)22(29)27(23(16)32-12)10-13-2-4-14(24)5-3-13/h2-9,11,26,28H,10,25H2,1H3. The van der Waals surface area contributed by atoms with E-state index >= 15 is 0 Å².